The molecule has 0 aliphatic carbocycles. The normalized spacial score (nSPS) is 19.1. The van der Waals surface area contributed by atoms with Crippen LogP contribution in [0.2, 0.25) is 0 Å². The van der Waals surface area contributed by atoms with Crippen molar-refractivity contribution in [1.82, 2.24) is 4.90 Å². The molecule has 3 rings (SSSR count). The standard InChI is InChI=1S/C23H28N2O4/c1-15-6-9-17(10-7-15)25-21(26)13-11-18(23(27)24(2)3)22(25)16-8-12-19(28-4)20(14-16)29-5/h6-10,12,14,18,22H,11,13H2,1-5H3/t18-,22-/m1/s1. The van der Waals surface area contributed by atoms with Crippen LogP contribution in [0.1, 0.15) is 30.0 Å². The molecule has 0 unspecified atom stereocenters. The summed E-state index contributed by atoms with van der Waals surface area (Å²) in [5, 5.41) is 0. The van der Waals surface area contributed by atoms with E-state index < -0.39 is 6.04 Å². The summed E-state index contributed by atoms with van der Waals surface area (Å²) in [7, 11) is 6.66. The van der Waals surface area contributed by atoms with Gasteiger partial charge in [-0.3, -0.25) is 9.59 Å². The highest BCUT2D eigenvalue weighted by Crippen LogP contribution is 2.42. The number of ether oxygens (including phenoxy) is 2. The van der Waals surface area contributed by atoms with Crippen LogP contribution in [0, 0.1) is 12.8 Å². The van der Waals surface area contributed by atoms with E-state index in [4.69, 9.17) is 9.47 Å². The molecule has 2 atom stereocenters. The summed E-state index contributed by atoms with van der Waals surface area (Å²) in [4.78, 5) is 29.4. The molecule has 6 heteroatoms. The zero-order chi connectivity index (χ0) is 21.1. The van der Waals surface area contributed by atoms with E-state index in [1.165, 1.54) is 0 Å². The maximum atomic E-state index is 13.0. The van der Waals surface area contributed by atoms with Gasteiger partial charge in [0.05, 0.1) is 26.2 Å². The molecule has 1 heterocycles. The van der Waals surface area contributed by atoms with Gasteiger partial charge >= 0.3 is 0 Å². The number of nitrogens with zero attached hydrogens (tertiary/aromatic N) is 2. The Hall–Kier alpha value is -3.02. The Kier molecular flexibility index (Phi) is 6.11. The number of carbonyl (C=O) groups is 2. The van der Waals surface area contributed by atoms with Gasteiger partial charge in [-0.15, -0.1) is 0 Å². The molecular formula is C23H28N2O4. The van der Waals surface area contributed by atoms with Gasteiger partial charge in [0, 0.05) is 26.2 Å². The Bertz CT molecular complexity index is 892. The van der Waals surface area contributed by atoms with Gasteiger partial charge in [-0.25, -0.2) is 0 Å². The quantitative estimate of drug-likeness (QED) is 0.775. The number of hydrogen-bond donors (Lipinski definition) is 0. The second-order valence-electron chi connectivity index (χ2n) is 7.54. The predicted octanol–water partition coefficient (Wildman–Crippen LogP) is 3.58. The average Bonchev–Trinajstić information content (AvgIpc) is 2.73. The van der Waals surface area contributed by atoms with Gasteiger partial charge in [0.2, 0.25) is 11.8 Å². The largest absolute Gasteiger partial charge is 0.493 e. The molecule has 0 spiro atoms. The molecule has 154 valence electrons. The maximum Gasteiger partial charge on any atom is 0.227 e. The average molecular weight is 396 g/mol. The van der Waals surface area contributed by atoms with Gasteiger partial charge < -0.3 is 19.3 Å². The zero-order valence-corrected chi connectivity index (χ0v) is 17.6. The Morgan fingerprint density at radius 2 is 1.69 bits per heavy atom. The van der Waals surface area contributed by atoms with Crippen LogP contribution >= 0.6 is 0 Å². The van der Waals surface area contributed by atoms with Crippen molar-refractivity contribution in [3.05, 3.63) is 53.6 Å². The van der Waals surface area contributed by atoms with Crippen LogP contribution in [0.5, 0.6) is 11.5 Å². The molecule has 0 saturated carbocycles. The number of carbonyl (C=O) groups excluding carboxylic acids is 2. The van der Waals surface area contributed by atoms with E-state index in [1.54, 1.807) is 38.1 Å². The number of rotatable bonds is 5. The van der Waals surface area contributed by atoms with Gasteiger partial charge in [0.15, 0.2) is 11.5 Å². The molecule has 2 aromatic carbocycles. The van der Waals surface area contributed by atoms with E-state index >= 15 is 0 Å². The lowest BCUT2D eigenvalue weighted by atomic mass is 9.82. The van der Waals surface area contributed by atoms with E-state index in [2.05, 4.69) is 0 Å². The predicted molar refractivity (Wildman–Crippen MR) is 112 cm³/mol. The molecule has 0 bridgehead atoms. The van der Waals surface area contributed by atoms with Crippen molar-refractivity contribution in [1.29, 1.82) is 0 Å². The summed E-state index contributed by atoms with van der Waals surface area (Å²) in [5.41, 5.74) is 2.75. The van der Waals surface area contributed by atoms with Crippen molar-refractivity contribution in [3.8, 4) is 11.5 Å². The topological polar surface area (TPSA) is 59.1 Å². The summed E-state index contributed by atoms with van der Waals surface area (Å²) in [5.74, 6) is 0.853. The first kappa shape index (κ1) is 20.7. The third kappa shape index (κ3) is 4.06. The lowest BCUT2D eigenvalue weighted by molar-refractivity contribution is -0.136. The van der Waals surface area contributed by atoms with Crippen LogP contribution in [0.3, 0.4) is 0 Å². The Morgan fingerprint density at radius 1 is 1.03 bits per heavy atom. The first-order chi connectivity index (χ1) is 13.9. The summed E-state index contributed by atoms with van der Waals surface area (Å²) in [6, 6.07) is 13.0. The van der Waals surface area contributed by atoms with E-state index in [0.717, 1.165) is 16.8 Å². The lowest BCUT2D eigenvalue weighted by Gasteiger charge is -2.41. The zero-order valence-electron chi connectivity index (χ0n) is 17.6. The van der Waals surface area contributed by atoms with E-state index in [-0.39, 0.29) is 17.7 Å². The molecule has 6 nitrogen and oxygen atoms in total. The minimum absolute atomic E-state index is 0.00870. The highest BCUT2D eigenvalue weighted by atomic mass is 16.5. The SMILES string of the molecule is COc1ccc([C@@H]2[C@H](C(=O)N(C)C)CCC(=O)N2c2ccc(C)cc2)cc1OC. The van der Waals surface area contributed by atoms with Crippen LogP contribution in [0.15, 0.2) is 42.5 Å². The first-order valence-electron chi connectivity index (χ1n) is 9.69. The second kappa shape index (κ2) is 8.55. The van der Waals surface area contributed by atoms with Crippen molar-refractivity contribution < 1.29 is 19.1 Å². The van der Waals surface area contributed by atoms with Crippen LogP contribution in [-0.4, -0.2) is 45.0 Å². The molecule has 29 heavy (non-hydrogen) atoms. The first-order valence-corrected chi connectivity index (χ1v) is 9.69. The molecule has 2 aromatic rings. The number of amides is 2. The van der Waals surface area contributed by atoms with Crippen molar-refractivity contribution in [3.63, 3.8) is 0 Å². The fraction of sp³-hybridized carbons (Fsp3) is 0.391. The molecule has 0 aromatic heterocycles. The van der Waals surface area contributed by atoms with Gasteiger partial charge in [0.25, 0.3) is 0 Å². The molecule has 1 aliphatic rings. The number of methoxy groups -OCH3 is 2. The van der Waals surface area contributed by atoms with Gasteiger partial charge in [0.1, 0.15) is 0 Å². The number of benzene rings is 2. The Balaban J connectivity index is 2.15. The third-order valence-electron chi connectivity index (χ3n) is 5.42. The van der Waals surface area contributed by atoms with Crippen molar-refractivity contribution in [2.75, 3.05) is 33.2 Å². The van der Waals surface area contributed by atoms with Crippen molar-refractivity contribution in [2.24, 2.45) is 5.92 Å². The molecule has 0 N–H and O–H groups in total. The monoisotopic (exact) mass is 396 g/mol. The maximum absolute atomic E-state index is 13.0. The highest BCUT2D eigenvalue weighted by molar-refractivity contribution is 5.97. The summed E-state index contributed by atoms with van der Waals surface area (Å²) in [6.45, 7) is 2.01. The van der Waals surface area contributed by atoms with Crippen molar-refractivity contribution >= 4 is 17.5 Å². The molecular weight excluding hydrogens is 368 g/mol. The van der Waals surface area contributed by atoms with Crippen LogP contribution in [-0.2, 0) is 9.59 Å². The Morgan fingerprint density at radius 3 is 2.28 bits per heavy atom. The summed E-state index contributed by atoms with van der Waals surface area (Å²) in [6.07, 6.45) is 0.846. The second-order valence-corrected chi connectivity index (χ2v) is 7.54. The number of piperidine rings is 1. The fourth-order valence-electron chi connectivity index (χ4n) is 3.91. The number of hydrogen-bond acceptors (Lipinski definition) is 4. The fourth-order valence-corrected chi connectivity index (χ4v) is 3.91. The highest BCUT2D eigenvalue weighted by Gasteiger charge is 2.42. The van der Waals surface area contributed by atoms with Crippen LogP contribution < -0.4 is 14.4 Å². The third-order valence-corrected chi connectivity index (χ3v) is 5.42. The molecule has 1 fully saturated rings. The Labute approximate surface area is 172 Å². The molecule has 1 saturated heterocycles. The van der Waals surface area contributed by atoms with Crippen LogP contribution in [0.25, 0.3) is 0 Å². The molecule has 1 aliphatic heterocycles. The van der Waals surface area contributed by atoms with E-state index in [0.29, 0.717) is 24.3 Å². The summed E-state index contributed by atoms with van der Waals surface area (Å²) < 4.78 is 10.8. The number of anilines is 1. The van der Waals surface area contributed by atoms with Crippen molar-refractivity contribution in [2.45, 2.75) is 25.8 Å². The van der Waals surface area contributed by atoms with Gasteiger partial charge in [-0.05, 0) is 43.2 Å². The van der Waals surface area contributed by atoms with E-state index in [9.17, 15) is 9.59 Å². The smallest absolute Gasteiger partial charge is 0.227 e. The van der Waals surface area contributed by atoms with E-state index in [1.807, 2.05) is 49.4 Å². The number of aryl methyl sites for hydroxylation is 1. The van der Waals surface area contributed by atoms with Gasteiger partial charge in [-0.2, -0.15) is 0 Å². The minimum Gasteiger partial charge on any atom is -0.493 e. The summed E-state index contributed by atoms with van der Waals surface area (Å²) >= 11 is 0. The molecule has 2 amide bonds. The lowest BCUT2D eigenvalue weighted by Crippen LogP contribution is -2.48. The minimum atomic E-state index is -0.423. The molecule has 0 radical (unpaired) electrons. The van der Waals surface area contributed by atoms with Crippen LogP contribution in [0.4, 0.5) is 5.69 Å². The van der Waals surface area contributed by atoms with Gasteiger partial charge in [-0.1, -0.05) is 23.8 Å².